The summed E-state index contributed by atoms with van der Waals surface area (Å²) in [6.45, 7) is 5.71. The van der Waals surface area contributed by atoms with E-state index in [9.17, 15) is 9.59 Å². The number of benzene rings is 2. The molecule has 0 spiro atoms. The van der Waals surface area contributed by atoms with E-state index in [1.54, 1.807) is 38.1 Å². The lowest BCUT2D eigenvalue weighted by molar-refractivity contribution is -0.122. The zero-order valence-electron chi connectivity index (χ0n) is 14.0. The summed E-state index contributed by atoms with van der Waals surface area (Å²) in [7, 11) is 0. The summed E-state index contributed by atoms with van der Waals surface area (Å²) in [5, 5.41) is 2.81. The standard InChI is InChI=1S/C19H21NO4/c1-4-23-19(22)15-8-10-17(11-9-15)24-14(3)18(21)20-16-7-5-6-13(2)12-16/h5-12,14H,4H2,1-3H3,(H,20,21)/t14-/m0/s1. The van der Waals surface area contributed by atoms with Crippen LogP contribution in [-0.2, 0) is 9.53 Å². The smallest absolute Gasteiger partial charge is 0.338 e. The Morgan fingerprint density at radius 3 is 2.46 bits per heavy atom. The number of rotatable bonds is 6. The number of aryl methyl sites for hydroxylation is 1. The first-order chi connectivity index (χ1) is 11.5. The molecule has 1 N–H and O–H groups in total. The third-order valence-electron chi connectivity index (χ3n) is 3.33. The van der Waals surface area contributed by atoms with Crippen LogP contribution in [0.3, 0.4) is 0 Å². The molecule has 0 radical (unpaired) electrons. The van der Waals surface area contributed by atoms with Crippen molar-refractivity contribution in [2.45, 2.75) is 26.9 Å². The third-order valence-corrected chi connectivity index (χ3v) is 3.33. The molecular weight excluding hydrogens is 306 g/mol. The molecule has 0 unspecified atom stereocenters. The minimum absolute atomic E-state index is 0.241. The summed E-state index contributed by atoms with van der Waals surface area (Å²) >= 11 is 0. The Labute approximate surface area is 141 Å². The normalized spacial score (nSPS) is 11.5. The summed E-state index contributed by atoms with van der Waals surface area (Å²) in [5.74, 6) is -0.112. The summed E-state index contributed by atoms with van der Waals surface area (Å²) < 4.78 is 10.5. The Morgan fingerprint density at radius 1 is 1.12 bits per heavy atom. The van der Waals surface area contributed by atoms with Crippen LogP contribution in [0.5, 0.6) is 5.75 Å². The van der Waals surface area contributed by atoms with Gasteiger partial charge in [0.2, 0.25) is 0 Å². The van der Waals surface area contributed by atoms with E-state index in [2.05, 4.69) is 5.32 Å². The minimum atomic E-state index is -0.668. The average Bonchev–Trinajstić information content (AvgIpc) is 2.55. The average molecular weight is 327 g/mol. The molecule has 0 aliphatic rings. The predicted molar refractivity (Wildman–Crippen MR) is 92.3 cm³/mol. The highest BCUT2D eigenvalue weighted by Crippen LogP contribution is 2.16. The number of hydrogen-bond donors (Lipinski definition) is 1. The molecule has 0 aliphatic heterocycles. The quantitative estimate of drug-likeness (QED) is 0.824. The van der Waals surface area contributed by atoms with E-state index in [1.165, 1.54) is 0 Å². The second-order valence-electron chi connectivity index (χ2n) is 5.36. The molecule has 1 atom stereocenters. The van der Waals surface area contributed by atoms with Gasteiger partial charge in [-0.15, -0.1) is 0 Å². The first-order valence-electron chi connectivity index (χ1n) is 7.81. The fourth-order valence-electron chi connectivity index (χ4n) is 2.11. The van der Waals surface area contributed by atoms with Gasteiger partial charge in [0.05, 0.1) is 12.2 Å². The van der Waals surface area contributed by atoms with Crippen molar-refractivity contribution in [3.63, 3.8) is 0 Å². The van der Waals surface area contributed by atoms with Gasteiger partial charge in [-0.05, 0) is 62.7 Å². The fourth-order valence-corrected chi connectivity index (χ4v) is 2.11. The zero-order chi connectivity index (χ0) is 17.5. The Balaban J connectivity index is 1.94. The van der Waals surface area contributed by atoms with Crippen LogP contribution < -0.4 is 10.1 Å². The molecule has 2 aromatic carbocycles. The lowest BCUT2D eigenvalue weighted by atomic mass is 10.2. The van der Waals surface area contributed by atoms with Crippen molar-refractivity contribution in [3.05, 3.63) is 59.7 Å². The molecule has 0 aliphatic carbocycles. The Kier molecular flexibility index (Phi) is 5.95. The third kappa shape index (κ3) is 4.84. The van der Waals surface area contributed by atoms with Gasteiger partial charge >= 0.3 is 5.97 Å². The molecule has 0 saturated carbocycles. The lowest BCUT2D eigenvalue weighted by Crippen LogP contribution is -2.30. The maximum absolute atomic E-state index is 12.2. The van der Waals surface area contributed by atoms with Crippen LogP contribution >= 0.6 is 0 Å². The molecule has 0 bridgehead atoms. The van der Waals surface area contributed by atoms with E-state index in [1.807, 2.05) is 31.2 Å². The van der Waals surface area contributed by atoms with Gasteiger partial charge in [0.1, 0.15) is 5.75 Å². The molecule has 0 aromatic heterocycles. The van der Waals surface area contributed by atoms with Gasteiger partial charge in [-0.25, -0.2) is 4.79 Å². The van der Waals surface area contributed by atoms with Gasteiger partial charge in [0, 0.05) is 5.69 Å². The first kappa shape index (κ1) is 17.5. The zero-order valence-corrected chi connectivity index (χ0v) is 14.0. The minimum Gasteiger partial charge on any atom is -0.481 e. The molecular formula is C19H21NO4. The lowest BCUT2D eigenvalue weighted by Gasteiger charge is -2.15. The maximum Gasteiger partial charge on any atom is 0.338 e. The van der Waals surface area contributed by atoms with Gasteiger partial charge in [-0.1, -0.05) is 12.1 Å². The maximum atomic E-state index is 12.2. The second kappa shape index (κ2) is 8.15. The van der Waals surface area contributed by atoms with Gasteiger partial charge in [-0.3, -0.25) is 4.79 Å². The second-order valence-corrected chi connectivity index (χ2v) is 5.36. The molecule has 0 heterocycles. The van der Waals surface area contributed by atoms with Crippen LogP contribution in [-0.4, -0.2) is 24.6 Å². The highest BCUT2D eigenvalue weighted by atomic mass is 16.5. The van der Waals surface area contributed by atoms with Gasteiger partial charge in [0.15, 0.2) is 6.10 Å². The number of hydrogen-bond acceptors (Lipinski definition) is 4. The number of carbonyl (C=O) groups is 2. The van der Waals surface area contributed by atoms with E-state index in [0.717, 1.165) is 11.3 Å². The van der Waals surface area contributed by atoms with Crippen molar-refractivity contribution in [2.75, 3.05) is 11.9 Å². The van der Waals surface area contributed by atoms with Crippen molar-refractivity contribution in [3.8, 4) is 5.75 Å². The van der Waals surface area contributed by atoms with Crippen molar-refractivity contribution in [1.29, 1.82) is 0 Å². The van der Waals surface area contributed by atoms with E-state index in [-0.39, 0.29) is 11.9 Å². The van der Waals surface area contributed by atoms with Crippen LogP contribution in [0.1, 0.15) is 29.8 Å². The number of amides is 1. The molecule has 5 heteroatoms. The van der Waals surface area contributed by atoms with Crippen LogP contribution in [0, 0.1) is 6.92 Å². The number of esters is 1. The molecule has 1 amide bonds. The largest absolute Gasteiger partial charge is 0.481 e. The number of ether oxygens (including phenoxy) is 2. The van der Waals surface area contributed by atoms with E-state index in [4.69, 9.17) is 9.47 Å². The summed E-state index contributed by atoms with van der Waals surface area (Å²) in [6.07, 6.45) is -0.668. The van der Waals surface area contributed by atoms with Crippen molar-refractivity contribution in [1.82, 2.24) is 0 Å². The molecule has 126 valence electrons. The number of nitrogens with one attached hydrogen (secondary N) is 1. The number of carbonyl (C=O) groups excluding carboxylic acids is 2. The molecule has 0 saturated heterocycles. The van der Waals surface area contributed by atoms with Crippen molar-refractivity contribution < 1.29 is 19.1 Å². The summed E-state index contributed by atoms with van der Waals surface area (Å²) in [4.78, 5) is 23.8. The monoisotopic (exact) mass is 327 g/mol. The van der Waals surface area contributed by atoms with E-state index < -0.39 is 6.10 Å². The molecule has 2 aromatic rings. The molecule has 0 fully saturated rings. The van der Waals surface area contributed by atoms with Crippen molar-refractivity contribution in [2.24, 2.45) is 0 Å². The van der Waals surface area contributed by atoms with E-state index in [0.29, 0.717) is 17.9 Å². The van der Waals surface area contributed by atoms with Crippen LogP contribution in [0.15, 0.2) is 48.5 Å². The summed E-state index contributed by atoms with van der Waals surface area (Å²) in [6, 6.07) is 14.1. The van der Waals surface area contributed by atoms with Crippen LogP contribution in [0.4, 0.5) is 5.69 Å². The molecule has 2 rings (SSSR count). The van der Waals surface area contributed by atoms with Gasteiger partial charge < -0.3 is 14.8 Å². The Bertz CT molecular complexity index is 710. The highest BCUT2D eigenvalue weighted by Gasteiger charge is 2.15. The van der Waals surface area contributed by atoms with Gasteiger partial charge in [-0.2, -0.15) is 0 Å². The van der Waals surface area contributed by atoms with Crippen LogP contribution in [0.25, 0.3) is 0 Å². The SMILES string of the molecule is CCOC(=O)c1ccc(O[C@@H](C)C(=O)Nc2cccc(C)c2)cc1. The molecule has 5 nitrogen and oxygen atoms in total. The fraction of sp³-hybridized carbons (Fsp3) is 0.263. The first-order valence-corrected chi connectivity index (χ1v) is 7.81. The number of anilines is 1. The molecule has 24 heavy (non-hydrogen) atoms. The van der Waals surface area contributed by atoms with E-state index >= 15 is 0 Å². The van der Waals surface area contributed by atoms with Crippen molar-refractivity contribution >= 4 is 17.6 Å². The predicted octanol–water partition coefficient (Wildman–Crippen LogP) is 3.58. The van der Waals surface area contributed by atoms with Gasteiger partial charge in [0.25, 0.3) is 5.91 Å². The van der Waals surface area contributed by atoms with Crippen LogP contribution in [0.2, 0.25) is 0 Å². The Morgan fingerprint density at radius 2 is 1.83 bits per heavy atom. The topological polar surface area (TPSA) is 64.6 Å². The summed E-state index contributed by atoms with van der Waals surface area (Å²) in [5.41, 5.74) is 2.24. The Hall–Kier alpha value is -2.82. The highest BCUT2D eigenvalue weighted by molar-refractivity contribution is 5.94.